The molecule has 0 heterocycles. The molecule has 0 aliphatic heterocycles. The number of hydrogen-bond acceptors (Lipinski definition) is 4. The van der Waals surface area contributed by atoms with E-state index in [1.165, 1.54) is 0 Å². The molecule has 1 aliphatic rings. The number of aryl methyl sites for hydroxylation is 1. The fourth-order valence-corrected chi connectivity index (χ4v) is 2.84. The lowest BCUT2D eigenvalue weighted by atomic mass is 9.87. The number of carbonyl (C=O) groups excluding carboxylic acids is 2. The number of carbonyl (C=O) groups is 2. The number of hydrogen-bond donors (Lipinski definition) is 1. The van der Waals surface area contributed by atoms with Crippen LogP contribution in [0.3, 0.4) is 0 Å². The summed E-state index contributed by atoms with van der Waals surface area (Å²) in [6.07, 6.45) is 4.26. The summed E-state index contributed by atoms with van der Waals surface area (Å²) in [4.78, 5) is 23.9. The molecule has 1 aromatic carbocycles. The Kier molecular flexibility index (Phi) is 6.02. The Morgan fingerprint density at radius 2 is 1.91 bits per heavy atom. The summed E-state index contributed by atoms with van der Waals surface area (Å²) in [5.74, 6) is 0.602. The van der Waals surface area contributed by atoms with Gasteiger partial charge in [0.05, 0.1) is 12.7 Å². The van der Waals surface area contributed by atoms with Gasteiger partial charge in [0.2, 0.25) is 0 Å². The van der Waals surface area contributed by atoms with E-state index in [1.807, 2.05) is 6.92 Å². The van der Waals surface area contributed by atoms with E-state index in [0.717, 1.165) is 37.2 Å². The number of ether oxygens (including phenoxy) is 2. The Balaban J connectivity index is 1.80. The number of benzene rings is 1. The summed E-state index contributed by atoms with van der Waals surface area (Å²) in [6, 6.07) is 5.29. The van der Waals surface area contributed by atoms with Crippen molar-refractivity contribution in [3.63, 3.8) is 0 Å². The van der Waals surface area contributed by atoms with Crippen molar-refractivity contribution in [1.29, 1.82) is 0 Å². The van der Waals surface area contributed by atoms with Crippen molar-refractivity contribution in [2.45, 2.75) is 45.6 Å². The Hall–Kier alpha value is -2.04. The van der Waals surface area contributed by atoms with Gasteiger partial charge in [-0.1, -0.05) is 13.0 Å². The molecule has 0 spiro atoms. The van der Waals surface area contributed by atoms with Crippen LogP contribution in [0.25, 0.3) is 0 Å². The summed E-state index contributed by atoms with van der Waals surface area (Å²) in [5.41, 5.74) is 1.32. The second kappa shape index (κ2) is 7.99. The highest BCUT2D eigenvalue weighted by Crippen LogP contribution is 2.23. The fraction of sp³-hybridized carbons (Fsp3) is 0.556. The molecule has 1 aromatic rings. The lowest BCUT2D eigenvalue weighted by Gasteiger charge is -2.26. The number of esters is 1. The molecule has 1 N–H and O–H groups in total. The molecule has 1 fully saturated rings. The van der Waals surface area contributed by atoms with Gasteiger partial charge in [-0.05, 0) is 56.2 Å². The zero-order valence-corrected chi connectivity index (χ0v) is 14.1. The van der Waals surface area contributed by atoms with Crippen LogP contribution in [-0.2, 0) is 9.53 Å². The van der Waals surface area contributed by atoms with Crippen molar-refractivity contribution < 1.29 is 19.1 Å². The molecule has 0 radical (unpaired) electrons. The highest BCUT2D eigenvalue weighted by atomic mass is 16.5. The van der Waals surface area contributed by atoms with Crippen LogP contribution < -0.4 is 10.1 Å². The standard InChI is InChI=1S/C18H25NO4/c1-12-4-8-15(9-5-12)19-17(20)11-23-18(21)14-7-6-13(2)16(10-14)22-3/h6-7,10,12,15H,4-5,8-9,11H2,1-3H3,(H,19,20). The van der Waals surface area contributed by atoms with Crippen LogP contribution >= 0.6 is 0 Å². The van der Waals surface area contributed by atoms with Gasteiger partial charge < -0.3 is 14.8 Å². The Morgan fingerprint density at radius 3 is 2.57 bits per heavy atom. The number of nitrogens with one attached hydrogen (secondary N) is 1. The third-order valence-corrected chi connectivity index (χ3v) is 4.36. The maximum absolute atomic E-state index is 12.0. The molecule has 0 unspecified atom stereocenters. The summed E-state index contributed by atoms with van der Waals surface area (Å²) in [7, 11) is 1.55. The molecule has 0 saturated heterocycles. The van der Waals surface area contributed by atoms with Crippen molar-refractivity contribution in [3.8, 4) is 5.75 Å². The van der Waals surface area contributed by atoms with Crippen LogP contribution in [-0.4, -0.2) is 31.6 Å². The second-order valence-electron chi connectivity index (χ2n) is 6.28. The van der Waals surface area contributed by atoms with Gasteiger partial charge >= 0.3 is 5.97 Å². The first-order valence-corrected chi connectivity index (χ1v) is 8.10. The first-order chi connectivity index (χ1) is 11.0. The van der Waals surface area contributed by atoms with Crippen LogP contribution in [0.1, 0.15) is 48.5 Å². The van der Waals surface area contributed by atoms with E-state index in [9.17, 15) is 9.59 Å². The van der Waals surface area contributed by atoms with Crippen LogP contribution in [0.2, 0.25) is 0 Å². The van der Waals surface area contributed by atoms with Crippen molar-refractivity contribution in [2.75, 3.05) is 13.7 Å². The molecular weight excluding hydrogens is 294 g/mol. The minimum atomic E-state index is -0.518. The Labute approximate surface area is 137 Å². The smallest absolute Gasteiger partial charge is 0.338 e. The molecule has 0 aromatic heterocycles. The molecule has 126 valence electrons. The summed E-state index contributed by atoms with van der Waals surface area (Å²) < 4.78 is 10.3. The maximum atomic E-state index is 12.0. The minimum absolute atomic E-state index is 0.205. The van der Waals surface area contributed by atoms with Crippen LogP contribution in [0.15, 0.2) is 18.2 Å². The van der Waals surface area contributed by atoms with Crippen molar-refractivity contribution in [2.24, 2.45) is 5.92 Å². The SMILES string of the molecule is COc1cc(C(=O)OCC(=O)NC2CCC(C)CC2)ccc1C. The van der Waals surface area contributed by atoms with Gasteiger partial charge in [-0.2, -0.15) is 0 Å². The molecule has 5 heteroatoms. The van der Waals surface area contributed by atoms with Crippen molar-refractivity contribution in [3.05, 3.63) is 29.3 Å². The van der Waals surface area contributed by atoms with Gasteiger partial charge in [-0.3, -0.25) is 4.79 Å². The van der Waals surface area contributed by atoms with Gasteiger partial charge in [-0.15, -0.1) is 0 Å². The zero-order valence-electron chi connectivity index (χ0n) is 14.1. The zero-order chi connectivity index (χ0) is 16.8. The molecule has 1 saturated carbocycles. The molecule has 0 atom stereocenters. The predicted octanol–water partition coefficient (Wildman–Crippen LogP) is 2.86. The number of rotatable bonds is 5. The molecule has 23 heavy (non-hydrogen) atoms. The molecule has 5 nitrogen and oxygen atoms in total. The summed E-state index contributed by atoms with van der Waals surface area (Å²) in [5, 5.41) is 2.94. The Bertz CT molecular complexity index is 562. The van der Waals surface area contributed by atoms with Crippen molar-refractivity contribution >= 4 is 11.9 Å². The van der Waals surface area contributed by atoms with E-state index in [0.29, 0.717) is 11.3 Å². The van der Waals surface area contributed by atoms with Gasteiger partial charge in [0.15, 0.2) is 6.61 Å². The normalized spacial score (nSPS) is 20.7. The third-order valence-electron chi connectivity index (χ3n) is 4.36. The average molecular weight is 319 g/mol. The van der Waals surface area contributed by atoms with E-state index in [2.05, 4.69) is 12.2 Å². The topological polar surface area (TPSA) is 64.6 Å². The van der Waals surface area contributed by atoms with Gasteiger partial charge in [0.25, 0.3) is 5.91 Å². The van der Waals surface area contributed by atoms with Gasteiger partial charge in [0, 0.05) is 6.04 Å². The monoisotopic (exact) mass is 319 g/mol. The first-order valence-electron chi connectivity index (χ1n) is 8.10. The predicted molar refractivity (Wildman–Crippen MR) is 87.6 cm³/mol. The van der Waals surface area contributed by atoms with Crippen LogP contribution in [0, 0.1) is 12.8 Å². The average Bonchev–Trinajstić information content (AvgIpc) is 2.55. The van der Waals surface area contributed by atoms with E-state index >= 15 is 0 Å². The molecule has 2 rings (SSSR count). The molecular formula is C18H25NO4. The lowest BCUT2D eigenvalue weighted by molar-refractivity contribution is -0.125. The van der Waals surface area contributed by atoms with E-state index in [4.69, 9.17) is 9.47 Å². The van der Waals surface area contributed by atoms with E-state index in [-0.39, 0.29) is 18.6 Å². The first kappa shape index (κ1) is 17.3. The second-order valence-corrected chi connectivity index (χ2v) is 6.28. The summed E-state index contributed by atoms with van der Waals surface area (Å²) in [6.45, 7) is 3.88. The molecule has 0 bridgehead atoms. The van der Waals surface area contributed by atoms with E-state index < -0.39 is 5.97 Å². The Morgan fingerprint density at radius 1 is 1.22 bits per heavy atom. The number of amides is 1. The van der Waals surface area contributed by atoms with E-state index in [1.54, 1.807) is 25.3 Å². The van der Waals surface area contributed by atoms with Crippen LogP contribution in [0.4, 0.5) is 0 Å². The van der Waals surface area contributed by atoms with Gasteiger partial charge in [0.1, 0.15) is 5.75 Å². The highest BCUT2D eigenvalue weighted by Gasteiger charge is 2.20. The lowest BCUT2D eigenvalue weighted by Crippen LogP contribution is -2.39. The quantitative estimate of drug-likeness (QED) is 0.848. The molecule has 1 amide bonds. The minimum Gasteiger partial charge on any atom is -0.496 e. The fourth-order valence-electron chi connectivity index (χ4n) is 2.84. The third kappa shape index (κ3) is 4.98. The summed E-state index contributed by atoms with van der Waals surface area (Å²) >= 11 is 0. The highest BCUT2D eigenvalue weighted by molar-refractivity contribution is 5.91. The van der Waals surface area contributed by atoms with Crippen molar-refractivity contribution in [1.82, 2.24) is 5.32 Å². The number of methoxy groups -OCH3 is 1. The maximum Gasteiger partial charge on any atom is 0.338 e. The molecule has 1 aliphatic carbocycles. The van der Waals surface area contributed by atoms with Gasteiger partial charge in [-0.25, -0.2) is 4.79 Å². The van der Waals surface area contributed by atoms with Crippen LogP contribution in [0.5, 0.6) is 5.75 Å². The largest absolute Gasteiger partial charge is 0.496 e.